The smallest absolute Gasteiger partial charge is 0.253 e. The van der Waals surface area contributed by atoms with Crippen molar-refractivity contribution >= 4 is 17.2 Å². The van der Waals surface area contributed by atoms with Crippen molar-refractivity contribution in [2.75, 3.05) is 0 Å². The van der Waals surface area contributed by atoms with E-state index in [1.165, 1.54) is 10.4 Å². The van der Waals surface area contributed by atoms with Gasteiger partial charge in [-0.1, -0.05) is 43.3 Å². The molecule has 0 saturated heterocycles. The molecule has 3 nitrogen and oxygen atoms in total. The van der Waals surface area contributed by atoms with Gasteiger partial charge in [-0.25, -0.2) is 0 Å². The average Bonchev–Trinajstić information content (AvgIpc) is 3.10. The van der Waals surface area contributed by atoms with Crippen molar-refractivity contribution in [3.8, 4) is 0 Å². The third kappa shape index (κ3) is 3.42. The fourth-order valence-corrected chi connectivity index (χ4v) is 4.84. The van der Waals surface area contributed by atoms with Crippen LogP contribution in [0.5, 0.6) is 0 Å². The number of benzene rings is 1. The van der Waals surface area contributed by atoms with Crippen LogP contribution < -0.4 is 5.32 Å². The van der Waals surface area contributed by atoms with Crippen LogP contribution in [0.3, 0.4) is 0 Å². The van der Waals surface area contributed by atoms with Gasteiger partial charge in [0.15, 0.2) is 0 Å². The zero-order valence-corrected chi connectivity index (χ0v) is 15.6. The van der Waals surface area contributed by atoms with Gasteiger partial charge >= 0.3 is 0 Å². The number of hydrogen-bond acceptors (Lipinski definition) is 3. The molecule has 0 fully saturated rings. The number of pyridine rings is 1. The van der Waals surface area contributed by atoms with Gasteiger partial charge in [-0.2, -0.15) is 0 Å². The Bertz CT molecular complexity index is 850. The van der Waals surface area contributed by atoms with Gasteiger partial charge in [-0.3, -0.25) is 9.78 Å². The van der Waals surface area contributed by atoms with Crippen LogP contribution in [0.1, 0.15) is 51.4 Å². The van der Waals surface area contributed by atoms with Crippen LogP contribution in [0.25, 0.3) is 0 Å². The Balaban J connectivity index is 1.63. The number of fused-ring (bicyclic) bond motifs is 1. The Morgan fingerprint density at radius 3 is 2.77 bits per heavy atom. The van der Waals surface area contributed by atoms with E-state index >= 15 is 0 Å². The number of aromatic nitrogens is 1. The van der Waals surface area contributed by atoms with Crippen molar-refractivity contribution in [1.29, 1.82) is 0 Å². The van der Waals surface area contributed by atoms with Crippen LogP contribution in [0.2, 0.25) is 0 Å². The molecule has 1 aliphatic rings. The van der Waals surface area contributed by atoms with Gasteiger partial charge in [-0.05, 0) is 48.4 Å². The second-order valence-electron chi connectivity index (χ2n) is 6.97. The lowest BCUT2D eigenvalue weighted by molar-refractivity contribution is 0.0941. The second kappa shape index (κ2) is 7.42. The van der Waals surface area contributed by atoms with Crippen LogP contribution in [0.4, 0.5) is 0 Å². The molecule has 26 heavy (non-hydrogen) atoms. The highest BCUT2D eigenvalue weighted by atomic mass is 32.1. The molecule has 1 aromatic carbocycles. The molecule has 132 valence electrons. The molecule has 2 heterocycles. The molecule has 0 bridgehead atoms. The third-order valence-corrected chi connectivity index (χ3v) is 6.09. The highest BCUT2D eigenvalue weighted by Crippen LogP contribution is 2.33. The van der Waals surface area contributed by atoms with Gasteiger partial charge in [0.1, 0.15) is 0 Å². The van der Waals surface area contributed by atoms with Crippen LogP contribution in [-0.4, -0.2) is 10.9 Å². The lowest BCUT2D eigenvalue weighted by Gasteiger charge is -2.21. The molecular formula is C22H22N2OS. The van der Waals surface area contributed by atoms with E-state index in [-0.39, 0.29) is 11.9 Å². The number of amides is 1. The standard InChI is InChI=1S/C22H22N2OS/c1-15-10-11-17-18(14-26-20(17)13-15)22(25)24-21(16-7-3-2-4-8-16)19-9-5-6-12-23-19/h2-9,12,14-15,21H,10-11,13H2,1H3,(H,24,25). The topological polar surface area (TPSA) is 42.0 Å². The minimum absolute atomic E-state index is 0.00319. The summed E-state index contributed by atoms with van der Waals surface area (Å²) in [6.07, 6.45) is 5.02. The van der Waals surface area contributed by atoms with Crippen molar-refractivity contribution in [3.63, 3.8) is 0 Å². The molecule has 4 rings (SSSR count). The first-order valence-corrected chi connectivity index (χ1v) is 9.96. The first-order chi connectivity index (χ1) is 12.7. The fraction of sp³-hybridized carbons (Fsp3) is 0.273. The zero-order valence-electron chi connectivity index (χ0n) is 14.8. The normalized spacial score (nSPS) is 17.3. The SMILES string of the molecule is CC1CCc2c(C(=O)NC(c3ccccc3)c3ccccn3)csc2C1. The summed E-state index contributed by atoms with van der Waals surface area (Å²) in [5, 5.41) is 5.24. The Labute approximate surface area is 158 Å². The molecule has 2 unspecified atom stereocenters. The number of nitrogens with zero attached hydrogens (tertiary/aromatic N) is 1. The third-order valence-electron chi connectivity index (χ3n) is 5.04. The highest BCUT2D eigenvalue weighted by Gasteiger charge is 2.25. The maximum absolute atomic E-state index is 13.1. The van der Waals surface area contributed by atoms with Crippen molar-refractivity contribution in [3.05, 3.63) is 87.4 Å². The molecule has 1 aliphatic carbocycles. The minimum atomic E-state index is -0.247. The number of carbonyl (C=O) groups excluding carboxylic acids is 1. The monoisotopic (exact) mass is 362 g/mol. The van der Waals surface area contributed by atoms with Crippen molar-refractivity contribution < 1.29 is 4.79 Å². The Morgan fingerprint density at radius 2 is 2.00 bits per heavy atom. The Morgan fingerprint density at radius 1 is 1.19 bits per heavy atom. The predicted octanol–water partition coefficient (Wildman–Crippen LogP) is 4.79. The number of thiophene rings is 1. The predicted molar refractivity (Wildman–Crippen MR) is 105 cm³/mol. The average molecular weight is 362 g/mol. The van der Waals surface area contributed by atoms with Gasteiger partial charge in [0, 0.05) is 16.5 Å². The molecular weight excluding hydrogens is 340 g/mol. The molecule has 2 atom stereocenters. The second-order valence-corrected chi connectivity index (χ2v) is 7.94. The van der Waals surface area contributed by atoms with Crippen LogP contribution in [-0.2, 0) is 12.8 Å². The van der Waals surface area contributed by atoms with E-state index in [0.717, 1.165) is 36.1 Å². The quantitative estimate of drug-likeness (QED) is 0.725. The van der Waals surface area contributed by atoms with E-state index in [0.29, 0.717) is 5.92 Å². The summed E-state index contributed by atoms with van der Waals surface area (Å²) in [4.78, 5) is 18.9. The molecule has 0 spiro atoms. The lowest BCUT2D eigenvalue weighted by atomic mass is 9.88. The summed E-state index contributed by atoms with van der Waals surface area (Å²) in [6, 6.07) is 15.6. The largest absolute Gasteiger partial charge is 0.340 e. The van der Waals surface area contributed by atoms with Gasteiger partial charge in [-0.15, -0.1) is 11.3 Å². The van der Waals surface area contributed by atoms with Gasteiger partial charge in [0.25, 0.3) is 5.91 Å². The molecule has 0 radical (unpaired) electrons. The van der Waals surface area contributed by atoms with E-state index in [9.17, 15) is 4.79 Å². The number of carbonyl (C=O) groups is 1. The van der Waals surface area contributed by atoms with Crippen molar-refractivity contribution in [2.45, 2.75) is 32.2 Å². The molecule has 2 aromatic heterocycles. The Hall–Kier alpha value is -2.46. The molecule has 4 heteroatoms. The van der Waals surface area contributed by atoms with E-state index in [4.69, 9.17) is 0 Å². The summed E-state index contributed by atoms with van der Waals surface area (Å²) in [7, 11) is 0. The lowest BCUT2D eigenvalue weighted by Crippen LogP contribution is -2.30. The molecule has 1 amide bonds. The van der Waals surface area contributed by atoms with Gasteiger partial charge in [0.2, 0.25) is 0 Å². The van der Waals surface area contributed by atoms with E-state index in [2.05, 4.69) is 17.2 Å². The molecule has 3 aromatic rings. The summed E-state index contributed by atoms with van der Waals surface area (Å²) in [5.41, 5.74) is 3.98. The van der Waals surface area contributed by atoms with Crippen LogP contribution in [0, 0.1) is 5.92 Å². The van der Waals surface area contributed by atoms with Crippen molar-refractivity contribution in [2.24, 2.45) is 5.92 Å². The summed E-state index contributed by atoms with van der Waals surface area (Å²) in [6.45, 7) is 2.29. The first-order valence-electron chi connectivity index (χ1n) is 9.08. The maximum Gasteiger partial charge on any atom is 0.253 e. The number of nitrogens with one attached hydrogen (secondary N) is 1. The minimum Gasteiger partial charge on any atom is -0.340 e. The summed E-state index contributed by atoms with van der Waals surface area (Å²) < 4.78 is 0. The fourth-order valence-electron chi connectivity index (χ4n) is 3.60. The first kappa shape index (κ1) is 17.0. The van der Waals surface area contributed by atoms with Crippen LogP contribution in [0.15, 0.2) is 60.1 Å². The van der Waals surface area contributed by atoms with Crippen molar-refractivity contribution in [1.82, 2.24) is 10.3 Å². The molecule has 1 N–H and O–H groups in total. The van der Waals surface area contributed by atoms with Gasteiger partial charge < -0.3 is 5.32 Å². The Kier molecular flexibility index (Phi) is 4.85. The zero-order chi connectivity index (χ0) is 17.9. The summed E-state index contributed by atoms with van der Waals surface area (Å²) >= 11 is 1.73. The van der Waals surface area contributed by atoms with E-state index < -0.39 is 0 Å². The van der Waals surface area contributed by atoms with Gasteiger partial charge in [0.05, 0.1) is 17.3 Å². The highest BCUT2D eigenvalue weighted by molar-refractivity contribution is 7.10. The van der Waals surface area contributed by atoms with E-state index in [1.807, 2.05) is 53.9 Å². The number of rotatable bonds is 4. The molecule has 0 saturated carbocycles. The maximum atomic E-state index is 13.1. The van der Waals surface area contributed by atoms with Crippen LogP contribution >= 0.6 is 11.3 Å². The summed E-state index contributed by atoms with van der Waals surface area (Å²) in [5.74, 6) is 0.708. The van der Waals surface area contributed by atoms with E-state index in [1.54, 1.807) is 17.5 Å². The number of hydrogen-bond donors (Lipinski definition) is 1. The molecule has 0 aliphatic heterocycles.